The van der Waals surface area contributed by atoms with Gasteiger partial charge in [-0.05, 0) is 12.1 Å². The quantitative estimate of drug-likeness (QED) is 0.735. The van der Waals surface area contributed by atoms with Gasteiger partial charge in [0.05, 0.1) is 13.3 Å². The van der Waals surface area contributed by atoms with E-state index >= 15 is 0 Å². The molecule has 0 saturated heterocycles. The summed E-state index contributed by atoms with van der Waals surface area (Å²) in [5.74, 6) is 0.332. The van der Waals surface area contributed by atoms with Crippen LogP contribution in [-0.4, -0.2) is 19.0 Å². The molecule has 0 aliphatic heterocycles. The van der Waals surface area contributed by atoms with Crippen LogP contribution in [0.3, 0.4) is 0 Å². The molecule has 0 bridgehead atoms. The highest BCUT2D eigenvalue weighted by atomic mass is 16.3. The van der Waals surface area contributed by atoms with Crippen LogP contribution in [0.1, 0.15) is 17.4 Å². The minimum atomic E-state index is -0.855. The van der Waals surface area contributed by atoms with E-state index in [2.05, 4.69) is 5.32 Å². The Hall–Kier alpha value is -2.60. The molecular formula is C15H18N3O3+. The van der Waals surface area contributed by atoms with E-state index in [0.29, 0.717) is 6.54 Å². The summed E-state index contributed by atoms with van der Waals surface area (Å²) >= 11 is 0. The molecular weight excluding hydrogens is 270 g/mol. The molecule has 2 rings (SSSR count). The first-order chi connectivity index (χ1) is 10.1. The maximum atomic E-state index is 12.3. The predicted molar refractivity (Wildman–Crippen MR) is 76.2 cm³/mol. The van der Waals surface area contributed by atoms with Gasteiger partial charge in [-0.3, -0.25) is 10.1 Å². The highest BCUT2D eigenvalue weighted by Crippen LogP contribution is 2.10. The molecule has 1 heterocycles. The molecule has 0 spiro atoms. The van der Waals surface area contributed by atoms with Crippen LogP contribution in [0.15, 0.2) is 53.1 Å². The third kappa shape index (κ3) is 3.93. The van der Waals surface area contributed by atoms with E-state index in [1.807, 2.05) is 43.4 Å². The molecule has 0 aliphatic rings. The Labute approximate surface area is 122 Å². The molecule has 0 saturated carbocycles. The Balaban J connectivity index is 2.22. The van der Waals surface area contributed by atoms with Crippen LogP contribution >= 0.6 is 0 Å². The van der Waals surface area contributed by atoms with Crippen molar-refractivity contribution in [3.63, 3.8) is 0 Å². The smallest absolute Gasteiger partial charge is 0.319 e. The molecule has 0 radical (unpaired) electrons. The molecule has 0 fully saturated rings. The van der Waals surface area contributed by atoms with Crippen LogP contribution in [-0.2, 0) is 11.3 Å². The summed E-state index contributed by atoms with van der Waals surface area (Å²) in [5, 5.41) is 2.15. The van der Waals surface area contributed by atoms with Gasteiger partial charge in [0.15, 0.2) is 11.8 Å². The number of quaternary nitrogens is 1. The first-order valence-electron chi connectivity index (χ1n) is 6.58. The van der Waals surface area contributed by atoms with Crippen molar-refractivity contribution in [2.45, 2.75) is 12.6 Å². The Morgan fingerprint density at radius 2 is 1.95 bits per heavy atom. The van der Waals surface area contributed by atoms with Crippen LogP contribution in [0.5, 0.6) is 0 Å². The van der Waals surface area contributed by atoms with Crippen LogP contribution < -0.4 is 16.0 Å². The zero-order chi connectivity index (χ0) is 15.2. The number of rotatable bonds is 5. The second-order valence-corrected chi connectivity index (χ2v) is 4.80. The maximum Gasteiger partial charge on any atom is 0.319 e. The fourth-order valence-corrected chi connectivity index (χ4v) is 2.29. The number of nitrogens with two attached hydrogens (primary N) is 1. The predicted octanol–water partition coefficient (Wildman–Crippen LogP) is 0.231. The zero-order valence-corrected chi connectivity index (χ0v) is 11.7. The normalized spacial score (nSPS) is 13.4. The number of hydrogen-bond donors (Lipinski definition) is 3. The number of nitrogens with one attached hydrogen (secondary N) is 2. The number of carbonyl (C=O) groups is 2. The molecule has 0 aliphatic carbocycles. The Kier molecular flexibility index (Phi) is 4.73. The average molecular weight is 288 g/mol. The lowest BCUT2D eigenvalue weighted by Crippen LogP contribution is -3.09. The summed E-state index contributed by atoms with van der Waals surface area (Å²) in [4.78, 5) is 24.1. The van der Waals surface area contributed by atoms with Gasteiger partial charge >= 0.3 is 6.03 Å². The largest absolute Gasteiger partial charge is 0.463 e. The van der Waals surface area contributed by atoms with Gasteiger partial charge in [-0.15, -0.1) is 0 Å². The van der Waals surface area contributed by atoms with Crippen LogP contribution in [0.2, 0.25) is 0 Å². The topological polar surface area (TPSA) is 89.8 Å². The molecule has 1 unspecified atom stereocenters. The minimum absolute atomic E-state index is 0.433. The lowest BCUT2D eigenvalue weighted by Gasteiger charge is -2.23. The lowest BCUT2D eigenvalue weighted by atomic mass is 10.0. The maximum absolute atomic E-state index is 12.3. The van der Waals surface area contributed by atoms with E-state index in [0.717, 1.165) is 16.2 Å². The van der Waals surface area contributed by atoms with E-state index in [1.165, 1.54) is 0 Å². The molecule has 1 aromatic carbocycles. The van der Waals surface area contributed by atoms with Crippen LogP contribution in [0, 0.1) is 0 Å². The lowest BCUT2D eigenvalue weighted by molar-refractivity contribution is -0.917. The van der Waals surface area contributed by atoms with Crippen molar-refractivity contribution in [3.8, 4) is 0 Å². The van der Waals surface area contributed by atoms with Crippen molar-refractivity contribution < 1.29 is 18.9 Å². The molecule has 6 heteroatoms. The van der Waals surface area contributed by atoms with Crippen molar-refractivity contribution in [2.75, 3.05) is 7.05 Å². The minimum Gasteiger partial charge on any atom is -0.463 e. The number of furan rings is 1. The van der Waals surface area contributed by atoms with Gasteiger partial charge in [0.25, 0.3) is 5.91 Å². The van der Waals surface area contributed by atoms with E-state index in [4.69, 9.17) is 10.2 Å². The summed E-state index contributed by atoms with van der Waals surface area (Å²) in [5.41, 5.74) is 5.85. The first-order valence-corrected chi connectivity index (χ1v) is 6.58. The molecule has 110 valence electrons. The van der Waals surface area contributed by atoms with Crippen molar-refractivity contribution in [2.24, 2.45) is 5.73 Å². The monoisotopic (exact) mass is 288 g/mol. The van der Waals surface area contributed by atoms with E-state index in [9.17, 15) is 9.59 Å². The first kappa shape index (κ1) is 14.8. The zero-order valence-electron chi connectivity index (χ0n) is 11.7. The van der Waals surface area contributed by atoms with Gasteiger partial charge in [-0.2, -0.15) is 0 Å². The molecule has 2 atom stereocenters. The third-order valence-electron chi connectivity index (χ3n) is 3.17. The van der Waals surface area contributed by atoms with Crippen LogP contribution in [0.4, 0.5) is 4.79 Å². The molecule has 2 aromatic rings. The van der Waals surface area contributed by atoms with Crippen molar-refractivity contribution in [1.82, 2.24) is 5.32 Å². The van der Waals surface area contributed by atoms with Crippen LogP contribution in [0.25, 0.3) is 0 Å². The van der Waals surface area contributed by atoms with Gasteiger partial charge in [0, 0.05) is 5.56 Å². The molecule has 4 N–H and O–H groups in total. The number of carbonyl (C=O) groups excluding carboxylic acids is 2. The molecule has 6 nitrogen and oxygen atoms in total. The number of urea groups is 1. The number of primary amides is 1. The average Bonchev–Trinajstić information content (AvgIpc) is 2.92. The Bertz CT molecular complexity index is 596. The van der Waals surface area contributed by atoms with E-state index < -0.39 is 18.0 Å². The third-order valence-corrected chi connectivity index (χ3v) is 3.17. The summed E-state index contributed by atoms with van der Waals surface area (Å²) in [6, 6.07) is 11.5. The van der Waals surface area contributed by atoms with E-state index in [1.54, 1.807) is 12.3 Å². The second kappa shape index (κ2) is 6.71. The second-order valence-electron chi connectivity index (χ2n) is 4.80. The number of imide groups is 1. The summed E-state index contributed by atoms with van der Waals surface area (Å²) in [6.45, 7) is 0.513. The fourth-order valence-electron chi connectivity index (χ4n) is 2.29. The van der Waals surface area contributed by atoms with Gasteiger partial charge in [-0.25, -0.2) is 4.79 Å². The molecule has 21 heavy (non-hydrogen) atoms. The van der Waals surface area contributed by atoms with Gasteiger partial charge in [-0.1, -0.05) is 30.3 Å². The van der Waals surface area contributed by atoms with Gasteiger partial charge < -0.3 is 15.1 Å². The molecule has 3 amide bonds. The van der Waals surface area contributed by atoms with Gasteiger partial charge in [0.1, 0.15) is 6.54 Å². The van der Waals surface area contributed by atoms with Gasteiger partial charge in [0.2, 0.25) is 0 Å². The highest BCUT2D eigenvalue weighted by Gasteiger charge is 2.30. The standard InChI is InChI=1S/C15H17N3O3/c1-18(10-12-8-5-9-21-12)13(14(19)17-15(16)20)11-6-3-2-4-7-11/h2-9,13H,10H2,1H3,(H3,16,17,19,20)/p+1/t13-/m0/s1. The Morgan fingerprint density at radius 1 is 1.24 bits per heavy atom. The van der Waals surface area contributed by atoms with E-state index in [-0.39, 0.29) is 0 Å². The summed E-state index contributed by atoms with van der Waals surface area (Å²) in [6.07, 6.45) is 1.59. The number of hydrogen-bond acceptors (Lipinski definition) is 3. The number of likely N-dealkylation sites (N-methyl/N-ethyl adjacent to an activating group) is 1. The molecule has 1 aromatic heterocycles. The van der Waals surface area contributed by atoms with Crippen molar-refractivity contribution in [3.05, 3.63) is 60.1 Å². The SMILES string of the molecule is C[NH+](Cc1ccco1)[C@H](C(=O)NC(N)=O)c1ccccc1. The van der Waals surface area contributed by atoms with Crippen molar-refractivity contribution in [1.29, 1.82) is 0 Å². The fraction of sp³-hybridized carbons (Fsp3) is 0.200. The summed E-state index contributed by atoms with van der Waals surface area (Å²) < 4.78 is 5.31. The number of benzene rings is 1. The number of amides is 3. The van der Waals surface area contributed by atoms with Crippen molar-refractivity contribution >= 4 is 11.9 Å². The highest BCUT2D eigenvalue weighted by molar-refractivity contribution is 5.96. The Morgan fingerprint density at radius 3 is 2.52 bits per heavy atom. The summed E-state index contributed by atoms with van der Waals surface area (Å²) in [7, 11) is 1.86.